The molecule has 0 aliphatic rings. The van der Waals surface area contributed by atoms with Crippen molar-refractivity contribution in [1.29, 1.82) is 0 Å². The molecular formula is C24H27IN4O. The lowest BCUT2D eigenvalue weighted by Crippen LogP contribution is -2.39. The first-order chi connectivity index (χ1) is 14.4. The molecule has 5 nitrogen and oxygen atoms in total. The number of hydrogen-bond donors (Lipinski definition) is 3. The molecule has 6 heteroatoms. The third-order valence-electron chi connectivity index (χ3n) is 4.87. The van der Waals surface area contributed by atoms with E-state index < -0.39 is 0 Å². The van der Waals surface area contributed by atoms with Gasteiger partial charge < -0.3 is 20.0 Å². The minimum Gasteiger partial charge on any atom is -0.469 e. The minimum absolute atomic E-state index is 0. The third-order valence-corrected chi connectivity index (χ3v) is 4.87. The molecule has 2 aromatic carbocycles. The Morgan fingerprint density at radius 3 is 2.43 bits per heavy atom. The van der Waals surface area contributed by atoms with Gasteiger partial charge in [0.25, 0.3) is 0 Å². The molecule has 30 heavy (non-hydrogen) atoms. The zero-order valence-corrected chi connectivity index (χ0v) is 19.1. The number of aromatic nitrogens is 1. The summed E-state index contributed by atoms with van der Waals surface area (Å²) in [6.07, 6.45) is 5.55. The van der Waals surface area contributed by atoms with Crippen molar-refractivity contribution in [2.24, 2.45) is 4.99 Å². The topological polar surface area (TPSA) is 65.3 Å². The van der Waals surface area contributed by atoms with Gasteiger partial charge in [-0.2, -0.15) is 0 Å². The van der Waals surface area contributed by atoms with Gasteiger partial charge in [-0.15, -0.1) is 24.0 Å². The number of para-hydroxylation sites is 1. The maximum atomic E-state index is 5.41. The maximum Gasteiger partial charge on any atom is 0.191 e. The van der Waals surface area contributed by atoms with Crippen molar-refractivity contribution < 1.29 is 4.42 Å². The highest BCUT2D eigenvalue weighted by Gasteiger charge is 2.04. The smallest absolute Gasteiger partial charge is 0.191 e. The molecule has 4 aromatic rings. The van der Waals surface area contributed by atoms with Gasteiger partial charge in [-0.1, -0.05) is 48.5 Å². The molecule has 156 valence electrons. The van der Waals surface area contributed by atoms with Crippen molar-refractivity contribution in [3.8, 4) is 0 Å². The summed E-state index contributed by atoms with van der Waals surface area (Å²) in [5, 5.41) is 8.16. The van der Waals surface area contributed by atoms with Crippen molar-refractivity contribution in [2.45, 2.75) is 19.4 Å². The molecular weight excluding hydrogens is 487 g/mol. The Balaban J connectivity index is 0.00000256. The maximum absolute atomic E-state index is 5.41. The number of nitrogens with one attached hydrogen (secondary N) is 3. The molecule has 0 spiro atoms. The van der Waals surface area contributed by atoms with Crippen molar-refractivity contribution in [2.75, 3.05) is 13.1 Å². The molecule has 0 amide bonds. The van der Waals surface area contributed by atoms with E-state index in [1.54, 1.807) is 6.26 Å². The van der Waals surface area contributed by atoms with Crippen LogP contribution in [0.15, 0.2) is 88.6 Å². The summed E-state index contributed by atoms with van der Waals surface area (Å²) in [5.74, 6) is 1.79. The highest BCUT2D eigenvalue weighted by molar-refractivity contribution is 14.0. The Morgan fingerprint density at radius 2 is 1.63 bits per heavy atom. The third kappa shape index (κ3) is 6.13. The molecule has 0 radical (unpaired) electrons. The van der Waals surface area contributed by atoms with Gasteiger partial charge in [-0.05, 0) is 35.7 Å². The van der Waals surface area contributed by atoms with Crippen LogP contribution in [0, 0.1) is 0 Å². The van der Waals surface area contributed by atoms with Gasteiger partial charge >= 0.3 is 0 Å². The molecule has 0 aliphatic carbocycles. The van der Waals surface area contributed by atoms with Gasteiger partial charge in [0.15, 0.2) is 5.96 Å². The number of furan rings is 1. The number of benzene rings is 2. The lowest BCUT2D eigenvalue weighted by Gasteiger charge is -2.12. The molecule has 0 atom stereocenters. The van der Waals surface area contributed by atoms with E-state index in [1.807, 2.05) is 30.3 Å². The molecule has 0 fully saturated rings. The van der Waals surface area contributed by atoms with Crippen molar-refractivity contribution in [3.63, 3.8) is 0 Å². The molecule has 0 saturated carbocycles. The van der Waals surface area contributed by atoms with Gasteiger partial charge in [0.05, 0.1) is 12.8 Å². The number of hydrogen-bond acceptors (Lipinski definition) is 2. The number of H-pyrrole nitrogens is 1. The lowest BCUT2D eigenvalue weighted by atomic mass is 10.1. The van der Waals surface area contributed by atoms with E-state index in [-0.39, 0.29) is 24.0 Å². The Morgan fingerprint density at radius 1 is 0.867 bits per heavy atom. The fourth-order valence-electron chi connectivity index (χ4n) is 3.34. The molecule has 0 unspecified atom stereocenters. The van der Waals surface area contributed by atoms with Gasteiger partial charge in [0.2, 0.25) is 0 Å². The summed E-state index contributed by atoms with van der Waals surface area (Å²) in [6.45, 7) is 2.22. The van der Waals surface area contributed by atoms with E-state index in [1.165, 1.54) is 22.0 Å². The molecule has 0 bridgehead atoms. The largest absolute Gasteiger partial charge is 0.469 e. The highest BCUT2D eigenvalue weighted by atomic mass is 127. The van der Waals surface area contributed by atoms with Gasteiger partial charge in [-0.3, -0.25) is 0 Å². The number of aromatic amines is 1. The number of rotatable bonds is 8. The molecule has 2 aromatic heterocycles. The molecule has 0 saturated heterocycles. The SMILES string of the molecule is I.c1ccc(CN=C(NCCc2ccco2)NCCc2c[nH]c3ccccc23)cc1. The van der Waals surface area contributed by atoms with Crippen LogP contribution in [0.25, 0.3) is 10.9 Å². The summed E-state index contributed by atoms with van der Waals surface area (Å²) in [4.78, 5) is 8.09. The average molecular weight is 514 g/mol. The summed E-state index contributed by atoms with van der Waals surface area (Å²) >= 11 is 0. The minimum atomic E-state index is 0. The Hall–Kier alpha value is -2.74. The van der Waals surface area contributed by atoms with Crippen molar-refractivity contribution >= 4 is 40.8 Å². The first kappa shape index (κ1) is 22.0. The van der Waals surface area contributed by atoms with E-state index in [4.69, 9.17) is 9.41 Å². The van der Waals surface area contributed by atoms with E-state index in [2.05, 4.69) is 58.2 Å². The van der Waals surface area contributed by atoms with Crippen LogP contribution in [0.3, 0.4) is 0 Å². The van der Waals surface area contributed by atoms with Crippen LogP contribution in [0.4, 0.5) is 0 Å². The van der Waals surface area contributed by atoms with Crippen LogP contribution >= 0.6 is 24.0 Å². The Kier molecular flexibility index (Phi) is 8.38. The van der Waals surface area contributed by atoms with E-state index in [9.17, 15) is 0 Å². The standard InChI is InChI=1S/C24H26N4O.HI/c1-2-7-19(8-3-1)17-28-24(26-15-13-21-9-6-16-29-21)25-14-12-20-18-27-23-11-5-4-10-22(20)23;/h1-11,16,18,27H,12-15,17H2,(H2,25,26,28);1H. The zero-order chi connectivity index (χ0) is 19.7. The molecule has 3 N–H and O–H groups in total. The van der Waals surface area contributed by atoms with Crippen LogP contribution in [-0.4, -0.2) is 24.0 Å². The number of halogens is 1. The number of aliphatic imine (C=N–C) groups is 1. The summed E-state index contributed by atoms with van der Waals surface area (Å²) in [7, 11) is 0. The monoisotopic (exact) mass is 514 g/mol. The van der Waals surface area contributed by atoms with E-state index in [0.717, 1.165) is 37.7 Å². The van der Waals surface area contributed by atoms with Crippen LogP contribution in [0.1, 0.15) is 16.9 Å². The van der Waals surface area contributed by atoms with Gasteiger partial charge in [-0.25, -0.2) is 4.99 Å². The number of guanidine groups is 1. The van der Waals surface area contributed by atoms with E-state index in [0.29, 0.717) is 6.54 Å². The summed E-state index contributed by atoms with van der Waals surface area (Å²) < 4.78 is 5.41. The quantitative estimate of drug-likeness (QED) is 0.178. The fourth-order valence-corrected chi connectivity index (χ4v) is 3.34. The highest BCUT2D eigenvalue weighted by Crippen LogP contribution is 2.17. The summed E-state index contributed by atoms with van der Waals surface area (Å²) in [5.41, 5.74) is 3.68. The van der Waals surface area contributed by atoms with E-state index >= 15 is 0 Å². The number of fused-ring (bicyclic) bond motifs is 1. The van der Waals surface area contributed by atoms with Gasteiger partial charge in [0, 0.05) is 36.6 Å². The lowest BCUT2D eigenvalue weighted by molar-refractivity contribution is 0.506. The summed E-state index contributed by atoms with van der Waals surface area (Å²) in [6, 6.07) is 22.6. The fraction of sp³-hybridized carbons (Fsp3) is 0.208. The van der Waals surface area contributed by atoms with Crippen molar-refractivity contribution in [3.05, 3.63) is 96.1 Å². The van der Waals surface area contributed by atoms with Crippen molar-refractivity contribution in [1.82, 2.24) is 15.6 Å². The second-order valence-corrected chi connectivity index (χ2v) is 6.94. The normalized spacial score (nSPS) is 11.3. The predicted molar refractivity (Wildman–Crippen MR) is 133 cm³/mol. The van der Waals surface area contributed by atoms with Gasteiger partial charge in [0.1, 0.15) is 5.76 Å². The average Bonchev–Trinajstić information content (AvgIpc) is 3.43. The second-order valence-electron chi connectivity index (χ2n) is 6.94. The first-order valence-corrected chi connectivity index (χ1v) is 10.0. The Bertz CT molecular complexity index is 1040. The van der Waals surface area contributed by atoms with Crippen LogP contribution in [0.2, 0.25) is 0 Å². The second kappa shape index (κ2) is 11.4. The number of nitrogens with zero attached hydrogens (tertiary/aromatic N) is 1. The Labute approximate surface area is 194 Å². The zero-order valence-electron chi connectivity index (χ0n) is 16.8. The van der Waals surface area contributed by atoms with Crippen LogP contribution < -0.4 is 10.6 Å². The first-order valence-electron chi connectivity index (χ1n) is 10.0. The molecule has 4 rings (SSSR count). The molecule has 0 aliphatic heterocycles. The molecule has 2 heterocycles. The van der Waals surface area contributed by atoms with Crippen LogP contribution in [-0.2, 0) is 19.4 Å². The van der Waals surface area contributed by atoms with Crippen LogP contribution in [0.5, 0.6) is 0 Å². The predicted octanol–water partition coefficient (Wildman–Crippen LogP) is 4.90.